The molecule has 0 saturated carbocycles. The molecule has 0 aromatic rings. The number of hydrogen-bond donors (Lipinski definition) is 0. The maximum absolute atomic E-state index is 3.94. The number of hydrogen-bond acceptors (Lipinski definition) is 2. The quantitative estimate of drug-likeness (QED) is 0.640. The molecule has 0 aliphatic heterocycles. The van der Waals surface area contributed by atoms with Crippen molar-refractivity contribution in [1.82, 2.24) is 4.90 Å². The molecule has 0 radical (unpaired) electrons. The molecule has 12 heavy (non-hydrogen) atoms. The normalized spacial score (nSPS) is 11.1. The minimum absolute atomic E-state index is 0. The zero-order chi connectivity index (χ0) is 9.56. The number of rotatable bonds is 5. The lowest BCUT2D eigenvalue weighted by Crippen LogP contribution is -2.05. The second-order valence-corrected chi connectivity index (χ2v) is 3.60. The van der Waals surface area contributed by atoms with Gasteiger partial charge < -0.3 is 4.90 Å². The second-order valence-electron chi connectivity index (χ2n) is 2.40. The highest BCUT2D eigenvalue weighted by Gasteiger charge is 2.00. The molecule has 70 valence electrons. The highest BCUT2D eigenvalue weighted by molar-refractivity contribution is 8.06. The Bertz CT molecular complexity index is 199. The monoisotopic (exact) mass is 185 g/mol. The Labute approximate surface area is 81.3 Å². The van der Waals surface area contributed by atoms with E-state index >= 15 is 0 Å². The van der Waals surface area contributed by atoms with E-state index in [4.69, 9.17) is 0 Å². The van der Waals surface area contributed by atoms with E-state index in [0.717, 1.165) is 11.4 Å². The summed E-state index contributed by atoms with van der Waals surface area (Å²) in [7, 11) is 1.95. The first-order valence-corrected chi connectivity index (χ1v) is 4.84. The molecule has 0 aliphatic carbocycles. The van der Waals surface area contributed by atoms with Crippen LogP contribution >= 0.6 is 11.8 Å². The molecule has 0 spiro atoms. The van der Waals surface area contributed by atoms with Gasteiger partial charge in [0.15, 0.2) is 0 Å². The van der Waals surface area contributed by atoms with Crippen LogP contribution in [-0.2, 0) is 0 Å². The van der Waals surface area contributed by atoms with Crippen LogP contribution in [0.5, 0.6) is 0 Å². The van der Waals surface area contributed by atoms with Crippen LogP contribution in [0.3, 0.4) is 0 Å². The second kappa shape index (κ2) is 5.95. The van der Waals surface area contributed by atoms with E-state index < -0.39 is 0 Å². The molecule has 1 nitrogen and oxygen atoms in total. The predicted octanol–water partition coefficient (Wildman–Crippen LogP) is 3.83. The van der Waals surface area contributed by atoms with Crippen LogP contribution in [0, 0.1) is 0 Å². The van der Waals surface area contributed by atoms with E-state index in [9.17, 15) is 0 Å². The molecule has 0 amide bonds. The third-order valence-corrected chi connectivity index (χ3v) is 2.90. The van der Waals surface area contributed by atoms with E-state index in [1.54, 1.807) is 18.0 Å². The van der Waals surface area contributed by atoms with Gasteiger partial charge in [-0.15, -0.1) is 0 Å². The van der Waals surface area contributed by atoms with Gasteiger partial charge in [-0.25, -0.2) is 0 Å². The Hall–Kier alpha value is -0.630. The highest BCUT2D eigenvalue weighted by atomic mass is 32.2. The van der Waals surface area contributed by atoms with Gasteiger partial charge in [-0.1, -0.05) is 37.9 Å². The SMILES string of the molecule is C=CN(C)C(=C)S/C(=C\C)CC.[HH]. The van der Waals surface area contributed by atoms with E-state index in [2.05, 4.69) is 26.2 Å². The summed E-state index contributed by atoms with van der Waals surface area (Å²) in [5, 5.41) is 1.01. The van der Waals surface area contributed by atoms with Crippen molar-refractivity contribution in [3.63, 3.8) is 0 Å². The van der Waals surface area contributed by atoms with Crippen molar-refractivity contribution in [2.45, 2.75) is 20.3 Å². The van der Waals surface area contributed by atoms with Gasteiger partial charge in [0.25, 0.3) is 0 Å². The van der Waals surface area contributed by atoms with Crippen molar-refractivity contribution in [3.05, 3.63) is 35.4 Å². The Morgan fingerprint density at radius 1 is 1.67 bits per heavy atom. The zero-order valence-electron chi connectivity index (χ0n) is 8.13. The van der Waals surface area contributed by atoms with Gasteiger partial charge in [0.1, 0.15) is 0 Å². The van der Waals surface area contributed by atoms with Crippen LogP contribution in [0.1, 0.15) is 21.7 Å². The van der Waals surface area contributed by atoms with Crippen LogP contribution in [-0.4, -0.2) is 11.9 Å². The Morgan fingerprint density at radius 2 is 2.25 bits per heavy atom. The predicted molar refractivity (Wildman–Crippen MR) is 60.9 cm³/mol. The summed E-state index contributed by atoms with van der Waals surface area (Å²) in [6.45, 7) is 11.8. The van der Waals surface area contributed by atoms with Crippen molar-refractivity contribution < 1.29 is 1.43 Å². The molecule has 0 aromatic carbocycles. The number of allylic oxidation sites excluding steroid dienone is 2. The molecular weight excluding hydrogens is 166 g/mol. The first-order chi connectivity index (χ1) is 5.65. The summed E-state index contributed by atoms with van der Waals surface area (Å²) in [6, 6.07) is 0. The molecule has 0 unspecified atom stereocenters. The topological polar surface area (TPSA) is 3.24 Å². The van der Waals surface area contributed by atoms with Crippen molar-refractivity contribution in [3.8, 4) is 0 Å². The Morgan fingerprint density at radius 3 is 2.58 bits per heavy atom. The van der Waals surface area contributed by atoms with E-state index in [1.807, 2.05) is 18.9 Å². The molecule has 0 aliphatic rings. The van der Waals surface area contributed by atoms with Crippen molar-refractivity contribution in [2.75, 3.05) is 7.05 Å². The van der Waals surface area contributed by atoms with Crippen LogP contribution in [0.4, 0.5) is 0 Å². The summed E-state index contributed by atoms with van der Waals surface area (Å²) in [5.74, 6) is 0. The average Bonchev–Trinajstić information content (AvgIpc) is 2.12. The van der Waals surface area contributed by atoms with Gasteiger partial charge in [-0.3, -0.25) is 0 Å². The van der Waals surface area contributed by atoms with E-state index in [0.29, 0.717) is 0 Å². The van der Waals surface area contributed by atoms with Gasteiger partial charge in [-0.05, 0) is 24.4 Å². The van der Waals surface area contributed by atoms with Crippen LogP contribution < -0.4 is 0 Å². The van der Waals surface area contributed by atoms with Crippen LogP contribution in [0.2, 0.25) is 0 Å². The van der Waals surface area contributed by atoms with Crippen molar-refractivity contribution in [2.24, 2.45) is 0 Å². The lowest BCUT2D eigenvalue weighted by molar-refractivity contribution is 0.616. The summed E-state index contributed by atoms with van der Waals surface area (Å²) >= 11 is 1.70. The molecule has 2 heteroatoms. The molecule has 0 heterocycles. The average molecular weight is 185 g/mol. The minimum Gasteiger partial charge on any atom is -0.347 e. The van der Waals surface area contributed by atoms with Crippen molar-refractivity contribution >= 4 is 11.8 Å². The first-order valence-electron chi connectivity index (χ1n) is 4.03. The maximum atomic E-state index is 3.94. The van der Waals surface area contributed by atoms with Gasteiger partial charge in [0.05, 0.1) is 5.03 Å². The fourth-order valence-electron chi connectivity index (χ4n) is 0.660. The molecule has 0 N–H and O–H groups in total. The van der Waals surface area contributed by atoms with Crippen LogP contribution in [0.15, 0.2) is 35.4 Å². The third-order valence-electron chi connectivity index (χ3n) is 1.59. The fourth-order valence-corrected chi connectivity index (χ4v) is 1.44. The fraction of sp³-hybridized carbons (Fsp3) is 0.400. The summed E-state index contributed by atoms with van der Waals surface area (Å²) in [6.07, 6.45) is 4.94. The Balaban J connectivity index is 0. The lowest BCUT2D eigenvalue weighted by Gasteiger charge is -2.16. The Kier molecular flexibility index (Phi) is 5.64. The molecule has 0 aromatic heterocycles. The van der Waals surface area contributed by atoms with Gasteiger partial charge >= 0.3 is 0 Å². The van der Waals surface area contributed by atoms with Crippen molar-refractivity contribution in [1.29, 1.82) is 0 Å². The third kappa shape index (κ3) is 3.67. The summed E-state index contributed by atoms with van der Waals surface area (Å²) in [5.41, 5.74) is 0. The molecule has 0 fully saturated rings. The molecule has 0 atom stereocenters. The molecule has 0 rings (SSSR count). The van der Waals surface area contributed by atoms with Gasteiger partial charge in [0, 0.05) is 8.47 Å². The van der Waals surface area contributed by atoms with Crippen LogP contribution in [0.25, 0.3) is 0 Å². The standard InChI is InChI=1S/C10H17NS.H2/c1-6-10(7-2)12-9(4)11(5)8-3;/h6,8H,3-4,7H2,1-2,5H3;1H/b10-6-;. The number of nitrogens with zero attached hydrogens (tertiary/aromatic N) is 1. The first kappa shape index (κ1) is 11.4. The van der Waals surface area contributed by atoms with Gasteiger partial charge in [-0.2, -0.15) is 0 Å². The van der Waals surface area contributed by atoms with E-state index in [1.165, 1.54) is 4.91 Å². The largest absolute Gasteiger partial charge is 0.347 e. The van der Waals surface area contributed by atoms with Gasteiger partial charge in [0.2, 0.25) is 0 Å². The maximum Gasteiger partial charge on any atom is 0.0716 e. The molecule has 0 saturated heterocycles. The number of thioether (sulfide) groups is 1. The minimum atomic E-state index is 0. The molecular formula is C10H19NS. The summed E-state index contributed by atoms with van der Waals surface area (Å²) in [4.78, 5) is 3.26. The zero-order valence-corrected chi connectivity index (χ0v) is 8.95. The summed E-state index contributed by atoms with van der Waals surface area (Å²) < 4.78 is 0. The van der Waals surface area contributed by atoms with E-state index in [-0.39, 0.29) is 1.43 Å². The molecule has 0 bridgehead atoms. The smallest absolute Gasteiger partial charge is 0.0716 e. The highest BCUT2D eigenvalue weighted by Crippen LogP contribution is 2.27. The lowest BCUT2D eigenvalue weighted by atomic mass is 10.4.